The average molecular weight is 410 g/mol. The highest BCUT2D eigenvalue weighted by Gasteiger charge is 2.14. The Hall–Kier alpha value is -3.35. The molecule has 30 heavy (non-hydrogen) atoms. The third-order valence-electron chi connectivity index (χ3n) is 4.26. The first-order valence-corrected chi connectivity index (χ1v) is 9.93. The van der Waals surface area contributed by atoms with E-state index in [-0.39, 0.29) is 12.2 Å². The van der Waals surface area contributed by atoms with Crippen LogP contribution in [-0.4, -0.2) is 28.6 Å². The number of fused-ring (bicyclic) bond motifs is 1. The van der Waals surface area contributed by atoms with E-state index in [9.17, 15) is 9.59 Å². The molecular weight excluding hydrogens is 384 g/mol. The lowest BCUT2D eigenvalue weighted by atomic mass is 10.2. The van der Waals surface area contributed by atoms with E-state index in [4.69, 9.17) is 14.2 Å². The molecule has 0 atom stereocenters. The molecule has 0 fully saturated rings. The van der Waals surface area contributed by atoms with Crippen molar-refractivity contribution in [1.82, 2.24) is 9.38 Å². The SMILES string of the molecule is CCOc1cc(C(=O)OCc2cc(=O)n3cc(C)ccc3n2)ccc1OCC(C)C. The van der Waals surface area contributed by atoms with Crippen LogP contribution in [-0.2, 0) is 11.3 Å². The molecule has 0 aliphatic heterocycles. The summed E-state index contributed by atoms with van der Waals surface area (Å²) in [6.45, 7) is 8.77. The standard InChI is InChI=1S/C23H26N2O5/c1-5-28-20-10-17(7-8-19(20)29-13-15(2)3)23(27)30-14-18-11-22(26)25-12-16(4)6-9-21(25)24-18/h6-12,15H,5,13-14H2,1-4H3. The fourth-order valence-corrected chi connectivity index (χ4v) is 2.83. The Kier molecular flexibility index (Phi) is 6.72. The van der Waals surface area contributed by atoms with Crippen LogP contribution >= 0.6 is 0 Å². The molecule has 0 amide bonds. The molecule has 7 heteroatoms. The van der Waals surface area contributed by atoms with Gasteiger partial charge in [-0.3, -0.25) is 9.20 Å². The molecule has 7 nitrogen and oxygen atoms in total. The molecule has 1 aromatic carbocycles. The van der Waals surface area contributed by atoms with Gasteiger partial charge in [-0.15, -0.1) is 0 Å². The van der Waals surface area contributed by atoms with Crippen molar-refractivity contribution in [3.8, 4) is 11.5 Å². The van der Waals surface area contributed by atoms with E-state index in [0.717, 1.165) is 5.56 Å². The van der Waals surface area contributed by atoms with Gasteiger partial charge in [0.15, 0.2) is 11.5 Å². The molecule has 0 unspecified atom stereocenters. The number of aryl methyl sites for hydroxylation is 1. The topological polar surface area (TPSA) is 79.1 Å². The van der Waals surface area contributed by atoms with Gasteiger partial charge in [0.25, 0.3) is 5.56 Å². The average Bonchev–Trinajstić information content (AvgIpc) is 2.71. The molecule has 0 radical (unpaired) electrons. The number of aromatic nitrogens is 2. The molecule has 0 aliphatic carbocycles. The van der Waals surface area contributed by atoms with Gasteiger partial charge >= 0.3 is 5.97 Å². The van der Waals surface area contributed by atoms with Gasteiger partial charge in [0.1, 0.15) is 12.3 Å². The number of ether oxygens (including phenoxy) is 3. The number of pyridine rings is 1. The van der Waals surface area contributed by atoms with E-state index in [1.807, 2.05) is 19.9 Å². The van der Waals surface area contributed by atoms with E-state index in [1.165, 1.54) is 10.5 Å². The molecule has 0 spiro atoms. The number of benzene rings is 1. The van der Waals surface area contributed by atoms with Gasteiger partial charge in [-0.1, -0.05) is 19.9 Å². The van der Waals surface area contributed by atoms with E-state index in [2.05, 4.69) is 18.8 Å². The highest BCUT2D eigenvalue weighted by Crippen LogP contribution is 2.29. The van der Waals surface area contributed by atoms with Crippen molar-refractivity contribution in [2.45, 2.75) is 34.3 Å². The molecule has 0 bridgehead atoms. The fraction of sp³-hybridized carbons (Fsp3) is 0.348. The first-order valence-electron chi connectivity index (χ1n) is 9.93. The van der Waals surface area contributed by atoms with Gasteiger partial charge in [-0.2, -0.15) is 0 Å². The minimum absolute atomic E-state index is 0.103. The van der Waals surface area contributed by atoms with Crippen LogP contribution in [0.4, 0.5) is 0 Å². The molecule has 2 aromatic heterocycles. The minimum Gasteiger partial charge on any atom is -0.490 e. The monoisotopic (exact) mass is 410 g/mol. The highest BCUT2D eigenvalue weighted by molar-refractivity contribution is 5.90. The lowest BCUT2D eigenvalue weighted by Crippen LogP contribution is -2.17. The van der Waals surface area contributed by atoms with Gasteiger partial charge in [0, 0.05) is 12.3 Å². The molecule has 158 valence electrons. The second-order valence-electron chi connectivity index (χ2n) is 7.40. The molecule has 0 saturated heterocycles. The zero-order valence-corrected chi connectivity index (χ0v) is 17.7. The molecular formula is C23H26N2O5. The summed E-state index contributed by atoms with van der Waals surface area (Å²) >= 11 is 0. The zero-order valence-electron chi connectivity index (χ0n) is 17.7. The summed E-state index contributed by atoms with van der Waals surface area (Å²) in [6, 6.07) is 9.93. The summed E-state index contributed by atoms with van der Waals surface area (Å²) in [6.07, 6.45) is 1.72. The minimum atomic E-state index is -0.530. The van der Waals surface area contributed by atoms with E-state index < -0.39 is 5.97 Å². The van der Waals surface area contributed by atoms with Gasteiger partial charge < -0.3 is 14.2 Å². The number of nitrogens with zero attached hydrogens (tertiary/aromatic N) is 2. The van der Waals surface area contributed by atoms with Crippen LogP contribution < -0.4 is 15.0 Å². The zero-order chi connectivity index (χ0) is 21.7. The molecule has 0 aliphatic rings. The van der Waals surface area contributed by atoms with Gasteiger partial charge in [0.2, 0.25) is 0 Å². The molecule has 3 aromatic rings. The summed E-state index contributed by atoms with van der Waals surface area (Å²) in [5.41, 5.74) is 1.96. The number of esters is 1. The van der Waals surface area contributed by atoms with Crippen LogP contribution in [0.1, 0.15) is 42.4 Å². The maximum absolute atomic E-state index is 12.5. The predicted octanol–water partition coefficient (Wildman–Crippen LogP) is 3.79. The normalized spacial score (nSPS) is 11.0. The van der Waals surface area contributed by atoms with Gasteiger partial charge in [-0.25, -0.2) is 9.78 Å². The van der Waals surface area contributed by atoms with E-state index in [0.29, 0.717) is 47.5 Å². The van der Waals surface area contributed by atoms with Gasteiger partial charge in [0.05, 0.1) is 24.5 Å². The Labute approximate surface area is 175 Å². The number of hydrogen-bond acceptors (Lipinski definition) is 6. The number of carbonyl (C=O) groups excluding carboxylic acids is 1. The molecule has 0 N–H and O–H groups in total. The van der Waals surface area contributed by atoms with Crippen LogP contribution in [0, 0.1) is 12.8 Å². The lowest BCUT2D eigenvalue weighted by molar-refractivity contribution is 0.0467. The summed E-state index contributed by atoms with van der Waals surface area (Å²) in [7, 11) is 0. The number of carbonyl (C=O) groups is 1. The quantitative estimate of drug-likeness (QED) is 0.526. The number of hydrogen-bond donors (Lipinski definition) is 0. The summed E-state index contributed by atoms with van der Waals surface area (Å²) < 4.78 is 18.2. The Bertz CT molecular complexity index is 1100. The van der Waals surface area contributed by atoms with E-state index >= 15 is 0 Å². The molecule has 3 rings (SSSR count). The second-order valence-corrected chi connectivity index (χ2v) is 7.40. The first-order chi connectivity index (χ1) is 14.4. The first kappa shape index (κ1) is 21.4. The maximum Gasteiger partial charge on any atom is 0.338 e. The smallest absolute Gasteiger partial charge is 0.338 e. The predicted molar refractivity (Wildman–Crippen MR) is 113 cm³/mol. The Morgan fingerprint density at radius 1 is 1.10 bits per heavy atom. The third kappa shape index (κ3) is 5.17. The summed E-state index contributed by atoms with van der Waals surface area (Å²) in [5.74, 6) is 0.912. The van der Waals surface area contributed by atoms with Crippen LogP contribution in [0.3, 0.4) is 0 Å². The van der Waals surface area contributed by atoms with Crippen molar-refractivity contribution in [3.05, 3.63) is 69.8 Å². The maximum atomic E-state index is 12.5. The van der Waals surface area contributed by atoms with E-state index in [1.54, 1.807) is 30.5 Å². The van der Waals surface area contributed by atoms with Crippen LogP contribution in [0.25, 0.3) is 5.65 Å². The van der Waals surface area contributed by atoms with Crippen LogP contribution in [0.2, 0.25) is 0 Å². The third-order valence-corrected chi connectivity index (χ3v) is 4.26. The van der Waals surface area contributed by atoms with Crippen molar-refractivity contribution in [1.29, 1.82) is 0 Å². The van der Waals surface area contributed by atoms with Crippen molar-refractivity contribution in [2.24, 2.45) is 5.92 Å². The Balaban J connectivity index is 1.74. The largest absolute Gasteiger partial charge is 0.490 e. The van der Waals surface area contributed by atoms with Crippen molar-refractivity contribution >= 4 is 11.6 Å². The van der Waals surface area contributed by atoms with Gasteiger partial charge in [-0.05, 0) is 49.6 Å². The molecule has 0 saturated carbocycles. The Morgan fingerprint density at radius 2 is 1.90 bits per heavy atom. The van der Waals surface area contributed by atoms with Crippen LogP contribution in [0.5, 0.6) is 11.5 Å². The second kappa shape index (κ2) is 9.43. The highest BCUT2D eigenvalue weighted by atomic mass is 16.5. The number of rotatable bonds is 8. The summed E-state index contributed by atoms with van der Waals surface area (Å²) in [5, 5.41) is 0. The molecule has 2 heterocycles. The van der Waals surface area contributed by atoms with Crippen molar-refractivity contribution in [2.75, 3.05) is 13.2 Å². The Morgan fingerprint density at radius 3 is 2.63 bits per heavy atom. The summed E-state index contributed by atoms with van der Waals surface area (Å²) in [4.78, 5) is 29.2. The van der Waals surface area contributed by atoms with Crippen LogP contribution in [0.15, 0.2) is 47.4 Å². The fourth-order valence-electron chi connectivity index (χ4n) is 2.83. The van der Waals surface area contributed by atoms with Crippen molar-refractivity contribution in [3.63, 3.8) is 0 Å². The van der Waals surface area contributed by atoms with Crippen molar-refractivity contribution < 1.29 is 19.0 Å². The lowest BCUT2D eigenvalue weighted by Gasteiger charge is -2.14.